The quantitative estimate of drug-likeness (QED) is 0.861. The molecule has 1 unspecified atom stereocenters. The van der Waals surface area contributed by atoms with Crippen molar-refractivity contribution in [2.45, 2.75) is 24.5 Å². The van der Waals surface area contributed by atoms with E-state index >= 15 is 0 Å². The van der Waals surface area contributed by atoms with Crippen LogP contribution in [0.4, 0.5) is 0 Å². The first-order valence-electron chi connectivity index (χ1n) is 8.44. The Kier molecular flexibility index (Phi) is 3.80. The molecule has 0 aromatic heterocycles. The molecule has 4 rings (SSSR count). The van der Waals surface area contributed by atoms with Crippen molar-refractivity contribution in [2.24, 2.45) is 0 Å². The van der Waals surface area contributed by atoms with Crippen molar-refractivity contribution < 1.29 is 9.84 Å². The minimum Gasteiger partial charge on any atom is -0.508 e. The molecule has 2 aromatic rings. The topological polar surface area (TPSA) is 32.7 Å². The van der Waals surface area contributed by atoms with Gasteiger partial charge in [-0.15, -0.1) is 6.42 Å². The third-order valence-electron chi connectivity index (χ3n) is 5.23. The van der Waals surface area contributed by atoms with Crippen LogP contribution in [0.25, 0.3) is 0 Å². The predicted octanol–water partition coefficient (Wildman–Crippen LogP) is 3.44. The number of aromatic hydroxyl groups is 1. The van der Waals surface area contributed by atoms with Gasteiger partial charge in [-0.2, -0.15) is 0 Å². The Bertz CT molecular complexity index is 770. The number of terminal acetylenes is 1. The van der Waals surface area contributed by atoms with Crippen LogP contribution in [0.3, 0.4) is 0 Å². The monoisotopic (exact) mass is 319 g/mol. The molecule has 0 amide bonds. The van der Waals surface area contributed by atoms with E-state index in [4.69, 9.17) is 11.2 Å². The molecule has 1 atom stereocenters. The number of nitrogens with zero attached hydrogens (tertiary/aromatic N) is 1. The molecule has 1 saturated heterocycles. The van der Waals surface area contributed by atoms with Gasteiger partial charge < -0.3 is 9.84 Å². The number of hydrogen-bond donors (Lipinski definition) is 1. The molecule has 2 heterocycles. The van der Waals surface area contributed by atoms with Gasteiger partial charge in [-0.1, -0.05) is 42.3 Å². The smallest absolute Gasteiger partial charge is 0.115 e. The van der Waals surface area contributed by atoms with Crippen LogP contribution in [-0.4, -0.2) is 29.6 Å². The molecule has 0 saturated carbocycles. The second kappa shape index (κ2) is 5.98. The van der Waals surface area contributed by atoms with Crippen LogP contribution in [0.15, 0.2) is 48.5 Å². The average molecular weight is 319 g/mol. The number of ether oxygens (including phenoxy) is 1. The first-order valence-corrected chi connectivity index (χ1v) is 8.44. The van der Waals surface area contributed by atoms with Crippen molar-refractivity contribution in [1.29, 1.82) is 0 Å². The van der Waals surface area contributed by atoms with E-state index < -0.39 is 0 Å². The third-order valence-corrected chi connectivity index (χ3v) is 5.23. The van der Waals surface area contributed by atoms with Gasteiger partial charge in [0, 0.05) is 13.1 Å². The van der Waals surface area contributed by atoms with Crippen molar-refractivity contribution in [3.63, 3.8) is 0 Å². The summed E-state index contributed by atoms with van der Waals surface area (Å²) in [5, 5.41) is 9.97. The molecule has 122 valence electrons. The van der Waals surface area contributed by atoms with E-state index in [-0.39, 0.29) is 11.7 Å². The average Bonchev–Trinajstić information content (AvgIpc) is 2.92. The van der Waals surface area contributed by atoms with Crippen molar-refractivity contribution in [3.05, 3.63) is 65.2 Å². The van der Waals surface area contributed by atoms with Gasteiger partial charge in [0.15, 0.2) is 0 Å². The van der Waals surface area contributed by atoms with E-state index in [2.05, 4.69) is 23.0 Å². The molecule has 0 radical (unpaired) electrons. The van der Waals surface area contributed by atoms with Gasteiger partial charge >= 0.3 is 0 Å². The number of hydrogen-bond acceptors (Lipinski definition) is 3. The Hall–Kier alpha value is -2.28. The minimum atomic E-state index is -0.269. The van der Waals surface area contributed by atoms with Crippen LogP contribution < -0.4 is 0 Å². The number of phenols is 1. The van der Waals surface area contributed by atoms with Gasteiger partial charge in [0.25, 0.3) is 0 Å². The molecule has 2 aliphatic heterocycles. The van der Waals surface area contributed by atoms with E-state index in [0.717, 1.165) is 37.1 Å². The maximum atomic E-state index is 9.97. The van der Waals surface area contributed by atoms with Crippen LogP contribution >= 0.6 is 0 Å². The highest BCUT2D eigenvalue weighted by atomic mass is 16.5. The van der Waals surface area contributed by atoms with Crippen LogP contribution in [0.1, 0.15) is 35.6 Å². The Labute approximate surface area is 142 Å². The Morgan fingerprint density at radius 1 is 1.17 bits per heavy atom. The molecule has 1 spiro atoms. The Morgan fingerprint density at radius 3 is 2.62 bits per heavy atom. The number of piperidine rings is 1. The van der Waals surface area contributed by atoms with Gasteiger partial charge in [0.05, 0.1) is 12.1 Å². The van der Waals surface area contributed by atoms with E-state index in [1.54, 1.807) is 6.07 Å². The van der Waals surface area contributed by atoms with Crippen LogP contribution in [0.2, 0.25) is 0 Å². The largest absolute Gasteiger partial charge is 0.508 e. The summed E-state index contributed by atoms with van der Waals surface area (Å²) in [6.45, 7) is 2.57. The predicted molar refractivity (Wildman–Crippen MR) is 93.7 cm³/mol. The van der Waals surface area contributed by atoms with Crippen LogP contribution in [0, 0.1) is 12.3 Å². The molecule has 3 heteroatoms. The second-order valence-electron chi connectivity index (χ2n) is 6.65. The summed E-state index contributed by atoms with van der Waals surface area (Å²) in [6, 6.07) is 15.9. The fraction of sp³-hybridized carbons (Fsp3) is 0.333. The fourth-order valence-corrected chi connectivity index (χ4v) is 4.00. The minimum absolute atomic E-state index is 0.118. The molecule has 0 aliphatic carbocycles. The first kappa shape index (κ1) is 15.3. The lowest BCUT2D eigenvalue weighted by atomic mass is 9.83. The summed E-state index contributed by atoms with van der Waals surface area (Å²) < 4.78 is 6.64. The van der Waals surface area contributed by atoms with E-state index in [9.17, 15) is 5.11 Å². The Balaban J connectivity index is 1.71. The first-order chi connectivity index (χ1) is 11.7. The highest BCUT2D eigenvalue weighted by molar-refractivity contribution is 5.47. The summed E-state index contributed by atoms with van der Waals surface area (Å²) in [5.74, 6) is 3.02. The molecular weight excluding hydrogens is 298 g/mol. The summed E-state index contributed by atoms with van der Waals surface area (Å²) in [4.78, 5) is 2.30. The molecule has 0 bridgehead atoms. The van der Waals surface area contributed by atoms with Crippen molar-refractivity contribution in [2.75, 3.05) is 19.6 Å². The Morgan fingerprint density at radius 2 is 1.92 bits per heavy atom. The van der Waals surface area contributed by atoms with Gasteiger partial charge in [0.2, 0.25) is 0 Å². The van der Waals surface area contributed by atoms with E-state index in [1.165, 1.54) is 5.56 Å². The number of rotatable bonds is 2. The molecule has 3 nitrogen and oxygen atoms in total. The summed E-state index contributed by atoms with van der Waals surface area (Å²) >= 11 is 0. The second-order valence-corrected chi connectivity index (χ2v) is 6.65. The van der Waals surface area contributed by atoms with Crippen LogP contribution in [0.5, 0.6) is 5.75 Å². The lowest BCUT2D eigenvalue weighted by molar-refractivity contribution is -0.0954. The molecule has 1 N–H and O–H groups in total. The molecule has 2 aromatic carbocycles. The maximum absolute atomic E-state index is 9.97. The summed E-state index contributed by atoms with van der Waals surface area (Å²) in [5.41, 5.74) is 3.17. The third kappa shape index (κ3) is 2.49. The van der Waals surface area contributed by atoms with E-state index in [0.29, 0.717) is 12.3 Å². The fourth-order valence-electron chi connectivity index (χ4n) is 4.00. The zero-order valence-corrected chi connectivity index (χ0v) is 13.6. The van der Waals surface area contributed by atoms with Crippen LogP contribution in [-0.2, 0) is 10.3 Å². The molecule has 2 aliphatic rings. The number of phenolic OH excluding ortho intramolecular Hbond substituents is 1. The standard InChI is InChI=1S/C21H21NO2/c1-2-12-22-13-10-21(11-14-22)19-9-8-17(23)15-18(19)20(24-21)16-6-4-3-5-7-16/h1,3-9,15,20,23H,10-14H2. The number of fused-ring (bicyclic) bond motifs is 2. The van der Waals surface area contributed by atoms with Gasteiger partial charge in [-0.25, -0.2) is 0 Å². The van der Waals surface area contributed by atoms with Gasteiger partial charge in [-0.05, 0) is 41.7 Å². The lowest BCUT2D eigenvalue weighted by Gasteiger charge is -2.39. The van der Waals surface area contributed by atoms with Gasteiger partial charge in [0.1, 0.15) is 11.9 Å². The lowest BCUT2D eigenvalue weighted by Crippen LogP contribution is -2.42. The highest BCUT2D eigenvalue weighted by Gasteiger charge is 2.47. The molecular formula is C21H21NO2. The zero-order chi connectivity index (χ0) is 16.6. The van der Waals surface area contributed by atoms with Crippen molar-refractivity contribution >= 4 is 0 Å². The summed E-state index contributed by atoms with van der Waals surface area (Å²) in [7, 11) is 0. The zero-order valence-electron chi connectivity index (χ0n) is 13.6. The summed E-state index contributed by atoms with van der Waals surface area (Å²) in [6.07, 6.45) is 7.18. The highest BCUT2D eigenvalue weighted by Crippen LogP contribution is 2.52. The van der Waals surface area contributed by atoms with Crippen molar-refractivity contribution in [3.8, 4) is 18.1 Å². The number of benzene rings is 2. The number of likely N-dealkylation sites (tertiary alicyclic amines) is 1. The molecule has 1 fully saturated rings. The normalized spacial score (nSPS) is 22.2. The van der Waals surface area contributed by atoms with Crippen molar-refractivity contribution in [1.82, 2.24) is 4.90 Å². The van der Waals surface area contributed by atoms with E-state index in [1.807, 2.05) is 30.3 Å². The SMILES string of the molecule is C#CCN1CCC2(CC1)OC(c1ccccc1)c1cc(O)ccc12. The molecule has 24 heavy (non-hydrogen) atoms. The van der Waals surface area contributed by atoms with Gasteiger partial charge in [-0.3, -0.25) is 4.90 Å². The maximum Gasteiger partial charge on any atom is 0.115 e.